The molecule has 1 aliphatic rings. The van der Waals surface area contributed by atoms with Crippen LogP contribution in [0.3, 0.4) is 0 Å². The van der Waals surface area contributed by atoms with E-state index in [0.717, 1.165) is 6.54 Å². The highest BCUT2D eigenvalue weighted by atomic mass is 16.5. The lowest BCUT2D eigenvalue weighted by atomic mass is 10.0. The molecule has 1 aliphatic heterocycles. The molecule has 3 rings (SSSR count). The molecular formula is C20H24N2O3. The molecule has 1 N–H and O–H groups in total. The van der Waals surface area contributed by atoms with Crippen molar-refractivity contribution in [1.82, 2.24) is 4.90 Å². The molecule has 25 heavy (non-hydrogen) atoms. The molecule has 0 aromatic heterocycles. The molecule has 1 fully saturated rings. The standard InChI is InChI=1S/C20H24N2O3/c1-15-12-22(18(14-25-15)16-8-4-3-5-9-16)13-20(23)21-17-10-6-7-11-19(17)24-2/h3-11,15,18H,12-14H2,1-2H3,(H,21,23)/t15-,18-/m1/s1. The topological polar surface area (TPSA) is 50.8 Å². The molecule has 5 nitrogen and oxygen atoms in total. The van der Waals surface area contributed by atoms with E-state index < -0.39 is 0 Å². The summed E-state index contributed by atoms with van der Waals surface area (Å²) in [5.74, 6) is 0.602. The number of benzene rings is 2. The van der Waals surface area contributed by atoms with Gasteiger partial charge in [0, 0.05) is 6.54 Å². The number of nitrogens with one attached hydrogen (secondary N) is 1. The van der Waals surface area contributed by atoms with E-state index in [9.17, 15) is 4.79 Å². The second-order valence-electron chi connectivity index (χ2n) is 6.25. The second-order valence-corrected chi connectivity index (χ2v) is 6.25. The van der Waals surface area contributed by atoms with E-state index >= 15 is 0 Å². The molecule has 0 aliphatic carbocycles. The molecule has 0 bridgehead atoms. The summed E-state index contributed by atoms with van der Waals surface area (Å²) >= 11 is 0. The number of carbonyl (C=O) groups excluding carboxylic acids is 1. The van der Waals surface area contributed by atoms with Crippen LogP contribution < -0.4 is 10.1 Å². The van der Waals surface area contributed by atoms with E-state index in [4.69, 9.17) is 9.47 Å². The van der Waals surface area contributed by atoms with Crippen molar-refractivity contribution < 1.29 is 14.3 Å². The number of morpholine rings is 1. The first-order valence-electron chi connectivity index (χ1n) is 8.51. The third-order valence-electron chi connectivity index (χ3n) is 4.38. The molecule has 2 aromatic rings. The Balaban J connectivity index is 1.71. The first kappa shape index (κ1) is 17.5. The van der Waals surface area contributed by atoms with Crippen molar-refractivity contribution in [2.24, 2.45) is 0 Å². The van der Waals surface area contributed by atoms with Crippen molar-refractivity contribution in [3.63, 3.8) is 0 Å². The molecule has 0 spiro atoms. The van der Waals surface area contributed by atoms with E-state index in [2.05, 4.69) is 22.3 Å². The van der Waals surface area contributed by atoms with Crippen LogP contribution in [0, 0.1) is 0 Å². The van der Waals surface area contributed by atoms with Crippen LogP contribution in [-0.4, -0.2) is 43.7 Å². The van der Waals surface area contributed by atoms with Crippen LogP contribution in [0.25, 0.3) is 0 Å². The summed E-state index contributed by atoms with van der Waals surface area (Å²) in [6, 6.07) is 17.7. The highest BCUT2D eigenvalue weighted by Gasteiger charge is 2.29. The van der Waals surface area contributed by atoms with Gasteiger partial charge in [-0.2, -0.15) is 0 Å². The Morgan fingerprint density at radius 1 is 1.20 bits per heavy atom. The summed E-state index contributed by atoms with van der Waals surface area (Å²) < 4.78 is 11.1. The Hall–Kier alpha value is -2.37. The van der Waals surface area contributed by atoms with Crippen LogP contribution in [0.15, 0.2) is 54.6 Å². The number of anilines is 1. The van der Waals surface area contributed by atoms with Crippen molar-refractivity contribution in [1.29, 1.82) is 0 Å². The summed E-state index contributed by atoms with van der Waals surface area (Å²) in [4.78, 5) is 14.8. The van der Waals surface area contributed by atoms with Gasteiger partial charge in [0.1, 0.15) is 5.75 Å². The molecule has 1 amide bonds. The smallest absolute Gasteiger partial charge is 0.238 e. The SMILES string of the molecule is COc1ccccc1NC(=O)CN1C[C@@H](C)OC[C@@H]1c1ccccc1. The maximum absolute atomic E-state index is 12.6. The van der Waals surface area contributed by atoms with E-state index in [1.54, 1.807) is 7.11 Å². The van der Waals surface area contributed by atoms with Gasteiger partial charge in [0.2, 0.25) is 5.91 Å². The number of nitrogens with zero attached hydrogens (tertiary/aromatic N) is 1. The third-order valence-corrected chi connectivity index (χ3v) is 4.38. The van der Waals surface area contributed by atoms with Crippen molar-refractivity contribution in [2.45, 2.75) is 19.1 Å². The van der Waals surface area contributed by atoms with E-state index in [-0.39, 0.29) is 18.1 Å². The second kappa shape index (κ2) is 8.14. The van der Waals surface area contributed by atoms with Crippen molar-refractivity contribution in [2.75, 3.05) is 32.1 Å². The zero-order chi connectivity index (χ0) is 17.6. The number of para-hydroxylation sites is 2. The van der Waals surface area contributed by atoms with Gasteiger partial charge >= 0.3 is 0 Å². The monoisotopic (exact) mass is 340 g/mol. The van der Waals surface area contributed by atoms with Crippen LogP contribution >= 0.6 is 0 Å². The summed E-state index contributed by atoms with van der Waals surface area (Å²) in [6.45, 7) is 3.66. The fraction of sp³-hybridized carbons (Fsp3) is 0.350. The van der Waals surface area contributed by atoms with Gasteiger partial charge in [-0.25, -0.2) is 0 Å². The van der Waals surface area contributed by atoms with Crippen LogP contribution in [0.5, 0.6) is 5.75 Å². The molecule has 0 saturated carbocycles. The van der Waals surface area contributed by atoms with E-state index in [1.807, 2.05) is 49.4 Å². The van der Waals surface area contributed by atoms with Crippen molar-refractivity contribution in [3.8, 4) is 5.75 Å². The van der Waals surface area contributed by atoms with Gasteiger partial charge in [-0.3, -0.25) is 9.69 Å². The summed E-state index contributed by atoms with van der Waals surface area (Å²) in [5.41, 5.74) is 1.85. The number of methoxy groups -OCH3 is 1. The third kappa shape index (κ3) is 4.38. The Morgan fingerprint density at radius 3 is 2.68 bits per heavy atom. The van der Waals surface area contributed by atoms with Gasteiger partial charge in [-0.05, 0) is 24.6 Å². The molecule has 0 unspecified atom stereocenters. The lowest BCUT2D eigenvalue weighted by Gasteiger charge is -2.38. The number of carbonyl (C=O) groups is 1. The average Bonchev–Trinajstić information content (AvgIpc) is 2.63. The largest absolute Gasteiger partial charge is 0.495 e. The lowest BCUT2D eigenvalue weighted by molar-refractivity contribution is -0.121. The fourth-order valence-corrected chi connectivity index (χ4v) is 3.15. The zero-order valence-corrected chi connectivity index (χ0v) is 14.6. The van der Waals surface area contributed by atoms with Crippen LogP contribution in [-0.2, 0) is 9.53 Å². The predicted molar refractivity (Wildman–Crippen MR) is 97.8 cm³/mol. The highest BCUT2D eigenvalue weighted by molar-refractivity contribution is 5.93. The van der Waals surface area contributed by atoms with Crippen LogP contribution in [0.1, 0.15) is 18.5 Å². The quantitative estimate of drug-likeness (QED) is 0.909. The van der Waals surface area contributed by atoms with E-state index in [1.165, 1.54) is 5.56 Å². The van der Waals surface area contributed by atoms with Crippen LogP contribution in [0.4, 0.5) is 5.69 Å². The highest BCUT2D eigenvalue weighted by Crippen LogP contribution is 2.27. The Kier molecular flexibility index (Phi) is 5.68. The van der Waals surface area contributed by atoms with Gasteiger partial charge in [0.05, 0.1) is 38.1 Å². The van der Waals surface area contributed by atoms with Crippen molar-refractivity contribution in [3.05, 3.63) is 60.2 Å². The van der Waals surface area contributed by atoms with Crippen molar-refractivity contribution >= 4 is 11.6 Å². The summed E-state index contributed by atoms with van der Waals surface area (Å²) in [6.07, 6.45) is 0.110. The summed E-state index contributed by atoms with van der Waals surface area (Å²) in [7, 11) is 1.60. The molecule has 1 saturated heterocycles. The maximum atomic E-state index is 12.6. The zero-order valence-electron chi connectivity index (χ0n) is 14.6. The first-order valence-corrected chi connectivity index (χ1v) is 8.51. The lowest BCUT2D eigenvalue weighted by Crippen LogP contribution is -2.46. The minimum atomic E-state index is -0.0560. The number of hydrogen-bond acceptors (Lipinski definition) is 4. The molecule has 2 atom stereocenters. The fourth-order valence-electron chi connectivity index (χ4n) is 3.15. The minimum absolute atomic E-state index is 0.0560. The number of rotatable bonds is 5. The molecule has 132 valence electrons. The number of amides is 1. The Morgan fingerprint density at radius 2 is 1.92 bits per heavy atom. The first-order chi connectivity index (χ1) is 12.2. The number of ether oxygens (including phenoxy) is 2. The maximum Gasteiger partial charge on any atom is 0.238 e. The normalized spacial score (nSPS) is 20.9. The van der Waals surface area contributed by atoms with Gasteiger partial charge in [-0.15, -0.1) is 0 Å². The van der Waals surface area contributed by atoms with Gasteiger partial charge in [0.25, 0.3) is 0 Å². The Bertz CT molecular complexity index is 705. The molecule has 1 heterocycles. The van der Waals surface area contributed by atoms with Gasteiger partial charge in [-0.1, -0.05) is 42.5 Å². The predicted octanol–water partition coefficient (Wildman–Crippen LogP) is 3.10. The Labute approximate surface area is 148 Å². The molecular weight excluding hydrogens is 316 g/mol. The molecule has 5 heteroatoms. The number of hydrogen-bond donors (Lipinski definition) is 1. The molecule has 2 aromatic carbocycles. The van der Waals surface area contributed by atoms with Gasteiger partial charge < -0.3 is 14.8 Å². The molecule has 0 radical (unpaired) electrons. The average molecular weight is 340 g/mol. The minimum Gasteiger partial charge on any atom is -0.495 e. The van der Waals surface area contributed by atoms with E-state index in [0.29, 0.717) is 24.6 Å². The van der Waals surface area contributed by atoms with Crippen LogP contribution in [0.2, 0.25) is 0 Å². The summed E-state index contributed by atoms with van der Waals surface area (Å²) in [5, 5.41) is 2.95. The van der Waals surface area contributed by atoms with Gasteiger partial charge in [0.15, 0.2) is 0 Å².